The molecule has 1 saturated heterocycles. The van der Waals surface area contributed by atoms with Crippen LogP contribution in [0.1, 0.15) is 30.0 Å². The maximum absolute atomic E-state index is 8.90. The van der Waals surface area contributed by atoms with Crippen LogP contribution in [0.2, 0.25) is 0 Å². The first-order valence-electron chi connectivity index (χ1n) is 7.16. The first-order valence-corrected chi connectivity index (χ1v) is 7.95. The zero-order valence-electron chi connectivity index (χ0n) is 11.7. The van der Waals surface area contributed by atoms with Crippen LogP contribution in [0.4, 0.5) is 0 Å². The van der Waals surface area contributed by atoms with Gasteiger partial charge in [-0.3, -0.25) is 9.58 Å². The number of halogens is 1. The number of nitrogens with zero attached hydrogens (tertiary/aromatic N) is 4. The first-order chi connectivity index (χ1) is 10.3. The highest BCUT2D eigenvalue weighted by Gasteiger charge is 2.21. The summed E-state index contributed by atoms with van der Waals surface area (Å²) in [5, 5.41) is 13.2. The second kappa shape index (κ2) is 6.42. The fourth-order valence-corrected chi connectivity index (χ4v) is 3.33. The number of hydrogen-bond donors (Lipinski definition) is 0. The Balaban J connectivity index is 1.59. The van der Waals surface area contributed by atoms with Crippen LogP contribution in [0, 0.1) is 11.3 Å². The molecule has 108 valence electrons. The molecule has 1 aliphatic heterocycles. The molecule has 5 heteroatoms. The average molecular weight is 345 g/mol. The summed E-state index contributed by atoms with van der Waals surface area (Å²) >= 11 is 3.57. The molecule has 0 amide bonds. The maximum Gasteiger partial charge on any atom is 0.0992 e. The van der Waals surface area contributed by atoms with Crippen molar-refractivity contribution in [3.63, 3.8) is 0 Å². The highest BCUT2D eigenvalue weighted by atomic mass is 79.9. The fraction of sp³-hybridized carbons (Fsp3) is 0.375. The smallest absolute Gasteiger partial charge is 0.0992 e. The molecule has 0 bridgehead atoms. The normalized spacial score (nSPS) is 16.8. The summed E-state index contributed by atoms with van der Waals surface area (Å²) in [6, 6.07) is 10.5. The number of nitriles is 1. The van der Waals surface area contributed by atoms with Crippen molar-refractivity contribution in [3.05, 3.63) is 52.3 Å². The van der Waals surface area contributed by atoms with Gasteiger partial charge in [-0.05, 0) is 36.6 Å². The van der Waals surface area contributed by atoms with E-state index in [1.165, 1.54) is 5.56 Å². The highest BCUT2D eigenvalue weighted by Crippen LogP contribution is 2.25. The molecule has 0 N–H and O–H groups in total. The van der Waals surface area contributed by atoms with Crippen molar-refractivity contribution in [2.24, 2.45) is 0 Å². The third kappa shape index (κ3) is 3.34. The van der Waals surface area contributed by atoms with Crippen molar-refractivity contribution in [3.8, 4) is 6.07 Å². The number of rotatable bonds is 3. The molecule has 0 saturated carbocycles. The minimum Gasteiger partial charge on any atom is -0.299 e. The Morgan fingerprint density at radius 1 is 1.33 bits per heavy atom. The Labute approximate surface area is 133 Å². The lowest BCUT2D eigenvalue weighted by molar-refractivity contribution is 0.173. The predicted octanol–water partition coefficient (Wildman–Crippen LogP) is 3.35. The number of hydrogen-bond acceptors (Lipinski definition) is 3. The van der Waals surface area contributed by atoms with Gasteiger partial charge in [-0.2, -0.15) is 10.4 Å². The van der Waals surface area contributed by atoms with E-state index >= 15 is 0 Å². The zero-order chi connectivity index (χ0) is 14.7. The molecule has 3 rings (SSSR count). The van der Waals surface area contributed by atoms with Gasteiger partial charge in [0.25, 0.3) is 0 Å². The molecule has 0 atom stereocenters. The van der Waals surface area contributed by atoms with Gasteiger partial charge in [0.15, 0.2) is 0 Å². The lowest BCUT2D eigenvalue weighted by Gasteiger charge is -2.32. The van der Waals surface area contributed by atoms with E-state index in [0.29, 0.717) is 11.6 Å². The molecular formula is C16H17BrN4. The van der Waals surface area contributed by atoms with E-state index in [1.54, 1.807) is 0 Å². The summed E-state index contributed by atoms with van der Waals surface area (Å²) in [6.07, 6.45) is 6.17. The van der Waals surface area contributed by atoms with Gasteiger partial charge in [0, 0.05) is 36.5 Å². The Kier molecular flexibility index (Phi) is 4.37. The van der Waals surface area contributed by atoms with Crippen molar-refractivity contribution in [2.75, 3.05) is 13.1 Å². The quantitative estimate of drug-likeness (QED) is 0.857. The molecule has 1 aliphatic rings. The van der Waals surface area contributed by atoms with Crippen LogP contribution in [-0.4, -0.2) is 27.8 Å². The van der Waals surface area contributed by atoms with Gasteiger partial charge < -0.3 is 0 Å². The number of aromatic nitrogens is 2. The second-order valence-electron chi connectivity index (χ2n) is 5.41. The molecule has 0 unspecified atom stereocenters. The van der Waals surface area contributed by atoms with Crippen LogP contribution < -0.4 is 0 Å². The third-order valence-corrected chi connectivity index (χ3v) is 4.77. The number of piperidine rings is 1. The van der Waals surface area contributed by atoms with E-state index in [4.69, 9.17) is 5.26 Å². The van der Waals surface area contributed by atoms with Crippen LogP contribution in [0.5, 0.6) is 0 Å². The van der Waals surface area contributed by atoms with Gasteiger partial charge in [0.1, 0.15) is 0 Å². The lowest BCUT2D eigenvalue weighted by atomic mass is 10.0. The average Bonchev–Trinajstić information content (AvgIpc) is 3.04. The second-order valence-corrected chi connectivity index (χ2v) is 6.27. The summed E-state index contributed by atoms with van der Waals surface area (Å²) in [5.74, 6) is 0. The van der Waals surface area contributed by atoms with Crippen molar-refractivity contribution in [1.82, 2.24) is 14.7 Å². The summed E-state index contributed by atoms with van der Waals surface area (Å²) in [5.41, 5.74) is 1.94. The first kappa shape index (κ1) is 14.3. The van der Waals surface area contributed by atoms with E-state index in [9.17, 15) is 0 Å². The van der Waals surface area contributed by atoms with Crippen LogP contribution in [-0.2, 0) is 6.54 Å². The van der Waals surface area contributed by atoms with Crippen LogP contribution in [0.25, 0.3) is 0 Å². The summed E-state index contributed by atoms with van der Waals surface area (Å²) in [4.78, 5) is 2.46. The predicted molar refractivity (Wildman–Crippen MR) is 84.6 cm³/mol. The third-order valence-electron chi connectivity index (χ3n) is 4.03. The van der Waals surface area contributed by atoms with Crippen LogP contribution in [0.3, 0.4) is 0 Å². The maximum atomic E-state index is 8.90. The SMILES string of the molecule is N#Cc1ccc(CN2CCC(n3cccn3)CC2)c(Br)c1. The Morgan fingerprint density at radius 2 is 2.14 bits per heavy atom. The Morgan fingerprint density at radius 3 is 2.76 bits per heavy atom. The van der Waals surface area contributed by atoms with Crippen molar-refractivity contribution in [2.45, 2.75) is 25.4 Å². The summed E-state index contributed by atoms with van der Waals surface area (Å²) in [6.45, 7) is 3.09. The minimum absolute atomic E-state index is 0.528. The van der Waals surface area contributed by atoms with Gasteiger partial charge in [-0.15, -0.1) is 0 Å². The minimum atomic E-state index is 0.528. The van der Waals surface area contributed by atoms with Gasteiger partial charge in [-0.25, -0.2) is 0 Å². The zero-order valence-corrected chi connectivity index (χ0v) is 13.3. The molecule has 0 aliphatic carbocycles. The van der Waals surface area contributed by atoms with Crippen molar-refractivity contribution >= 4 is 15.9 Å². The van der Waals surface area contributed by atoms with Gasteiger partial charge in [0.2, 0.25) is 0 Å². The molecule has 21 heavy (non-hydrogen) atoms. The van der Waals surface area contributed by atoms with Crippen LogP contribution in [0.15, 0.2) is 41.1 Å². The molecule has 2 aromatic rings. The summed E-state index contributed by atoms with van der Waals surface area (Å²) < 4.78 is 3.10. The fourth-order valence-electron chi connectivity index (χ4n) is 2.82. The van der Waals surface area contributed by atoms with Gasteiger partial charge >= 0.3 is 0 Å². The van der Waals surface area contributed by atoms with E-state index in [-0.39, 0.29) is 0 Å². The van der Waals surface area contributed by atoms with Crippen molar-refractivity contribution in [1.29, 1.82) is 5.26 Å². The molecular weight excluding hydrogens is 328 g/mol. The van der Waals surface area contributed by atoms with E-state index in [2.05, 4.69) is 42.9 Å². The lowest BCUT2D eigenvalue weighted by Crippen LogP contribution is -2.34. The van der Waals surface area contributed by atoms with Crippen LogP contribution >= 0.6 is 15.9 Å². The highest BCUT2D eigenvalue weighted by molar-refractivity contribution is 9.10. The van der Waals surface area contributed by atoms with E-state index in [0.717, 1.165) is 36.9 Å². The Bertz CT molecular complexity index is 637. The molecule has 1 aromatic heterocycles. The topological polar surface area (TPSA) is 44.9 Å². The number of likely N-dealkylation sites (tertiary alicyclic amines) is 1. The Hall–Kier alpha value is -1.64. The molecule has 1 fully saturated rings. The van der Waals surface area contributed by atoms with E-state index < -0.39 is 0 Å². The van der Waals surface area contributed by atoms with Gasteiger partial charge in [0.05, 0.1) is 17.7 Å². The molecule has 2 heterocycles. The van der Waals surface area contributed by atoms with Gasteiger partial charge in [-0.1, -0.05) is 22.0 Å². The molecule has 4 nitrogen and oxygen atoms in total. The molecule has 0 radical (unpaired) electrons. The number of benzene rings is 1. The van der Waals surface area contributed by atoms with Crippen molar-refractivity contribution < 1.29 is 0 Å². The summed E-state index contributed by atoms with van der Waals surface area (Å²) in [7, 11) is 0. The largest absolute Gasteiger partial charge is 0.299 e. The monoisotopic (exact) mass is 344 g/mol. The molecule has 0 spiro atoms. The standard InChI is InChI=1S/C16H17BrN4/c17-16-10-13(11-18)2-3-14(16)12-20-8-4-15(5-9-20)21-7-1-6-19-21/h1-3,6-7,10,15H,4-5,8-9,12H2. The molecule has 1 aromatic carbocycles. The van der Waals surface area contributed by atoms with E-state index in [1.807, 2.05) is 30.5 Å².